The number of hydrogen-bond acceptors (Lipinski definition) is 7. The fourth-order valence-electron chi connectivity index (χ4n) is 1.82. The molecule has 1 aliphatic heterocycles. The highest BCUT2D eigenvalue weighted by atomic mass is 35.5. The van der Waals surface area contributed by atoms with Crippen LogP contribution >= 0.6 is 11.6 Å². The number of nitro groups is 1. The van der Waals surface area contributed by atoms with Crippen LogP contribution in [0, 0.1) is 10.1 Å². The summed E-state index contributed by atoms with van der Waals surface area (Å²) in [5, 5.41) is 23.7. The van der Waals surface area contributed by atoms with Crippen molar-refractivity contribution in [2.24, 2.45) is 0 Å². The van der Waals surface area contributed by atoms with Gasteiger partial charge >= 0.3 is 5.69 Å². The van der Waals surface area contributed by atoms with E-state index in [-0.39, 0.29) is 23.2 Å². The summed E-state index contributed by atoms with van der Waals surface area (Å²) < 4.78 is 5.16. The number of rotatable bonds is 4. The molecular formula is C10H13ClN4O4. The van der Waals surface area contributed by atoms with Gasteiger partial charge in [0.1, 0.15) is 6.33 Å². The maximum absolute atomic E-state index is 10.9. The van der Waals surface area contributed by atoms with Gasteiger partial charge in [0.05, 0.1) is 10.5 Å². The molecule has 0 aliphatic carbocycles. The first kappa shape index (κ1) is 13.9. The van der Waals surface area contributed by atoms with Gasteiger partial charge in [-0.25, -0.2) is 9.97 Å². The van der Waals surface area contributed by atoms with Crippen molar-refractivity contribution < 1.29 is 14.8 Å². The summed E-state index contributed by atoms with van der Waals surface area (Å²) in [5.74, 6) is 0.00455. The highest BCUT2D eigenvalue weighted by Crippen LogP contribution is 2.29. The largest absolute Gasteiger partial charge is 0.388 e. The minimum absolute atomic E-state index is 0.00455. The van der Waals surface area contributed by atoms with Crippen molar-refractivity contribution in [1.82, 2.24) is 9.97 Å². The van der Waals surface area contributed by atoms with Crippen LogP contribution in [0.2, 0.25) is 5.15 Å². The Balaban J connectivity index is 2.11. The zero-order chi connectivity index (χ0) is 13.9. The topological polar surface area (TPSA) is 110 Å². The molecule has 104 valence electrons. The maximum Gasteiger partial charge on any atom is 0.348 e. The summed E-state index contributed by atoms with van der Waals surface area (Å²) in [5.41, 5.74) is -1.34. The van der Waals surface area contributed by atoms with Crippen LogP contribution in [-0.2, 0) is 4.74 Å². The number of nitrogens with one attached hydrogen (secondary N) is 1. The Bertz CT molecular complexity index is 479. The van der Waals surface area contributed by atoms with Crippen LogP contribution < -0.4 is 5.32 Å². The molecule has 0 radical (unpaired) electrons. The van der Waals surface area contributed by atoms with Gasteiger partial charge in [-0.15, -0.1) is 0 Å². The first-order valence-electron chi connectivity index (χ1n) is 5.71. The molecule has 0 spiro atoms. The standard InChI is InChI=1S/C10H13ClN4O4/c11-8-7(15(17)18)9(14-6-13-8)12-5-10(16)1-3-19-4-2-10/h6,16H,1-5H2,(H,12,13,14). The Morgan fingerprint density at radius 1 is 1.53 bits per heavy atom. The molecule has 0 bridgehead atoms. The smallest absolute Gasteiger partial charge is 0.348 e. The van der Waals surface area contributed by atoms with E-state index < -0.39 is 10.5 Å². The molecule has 9 heteroatoms. The molecule has 8 nitrogen and oxygen atoms in total. The summed E-state index contributed by atoms with van der Waals surface area (Å²) in [6, 6.07) is 0. The molecule has 2 rings (SSSR count). The lowest BCUT2D eigenvalue weighted by Gasteiger charge is -2.32. The van der Waals surface area contributed by atoms with Crippen molar-refractivity contribution in [1.29, 1.82) is 0 Å². The first-order chi connectivity index (χ1) is 9.02. The second-order valence-electron chi connectivity index (χ2n) is 4.31. The Hall–Kier alpha value is -1.51. The molecule has 0 amide bonds. The quantitative estimate of drug-likeness (QED) is 0.483. The fraction of sp³-hybridized carbons (Fsp3) is 0.600. The van der Waals surface area contributed by atoms with E-state index in [0.717, 1.165) is 6.33 Å². The van der Waals surface area contributed by atoms with Crippen LogP contribution in [0.15, 0.2) is 6.33 Å². The van der Waals surface area contributed by atoms with E-state index in [1.807, 2.05) is 0 Å². The Morgan fingerprint density at radius 3 is 2.84 bits per heavy atom. The van der Waals surface area contributed by atoms with Gasteiger partial charge in [0.15, 0.2) is 0 Å². The van der Waals surface area contributed by atoms with E-state index in [2.05, 4.69) is 15.3 Å². The molecule has 0 atom stereocenters. The van der Waals surface area contributed by atoms with Gasteiger partial charge in [0.2, 0.25) is 11.0 Å². The van der Waals surface area contributed by atoms with Gasteiger partial charge in [-0.2, -0.15) is 0 Å². The highest BCUT2D eigenvalue weighted by Gasteiger charge is 2.31. The molecule has 1 aromatic heterocycles. The van der Waals surface area contributed by atoms with E-state index in [4.69, 9.17) is 16.3 Å². The fourth-order valence-corrected chi connectivity index (χ4v) is 2.03. The van der Waals surface area contributed by atoms with Gasteiger partial charge in [0, 0.05) is 32.6 Å². The molecule has 1 aliphatic rings. The van der Waals surface area contributed by atoms with E-state index in [1.165, 1.54) is 0 Å². The minimum Gasteiger partial charge on any atom is -0.388 e. The number of halogens is 1. The van der Waals surface area contributed by atoms with Crippen LogP contribution in [-0.4, -0.2) is 45.4 Å². The summed E-state index contributed by atoms with van der Waals surface area (Å²) in [7, 11) is 0. The average molecular weight is 289 g/mol. The molecule has 1 fully saturated rings. The molecular weight excluding hydrogens is 276 g/mol. The molecule has 0 unspecified atom stereocenters. The predicted molar refractivity (Wildman–Crippen MR) is 67.2 cm³/mol. The number of aliphatic hydroxyl groups is 1. The molecule has 19 heavy (non-hydrogen) atoms. The van der Waals surface area contributed by atoms with Gasteiger partial charge in [-0.1, -0.05) is 11.6 Å². The monoisotopic (exact) mass is 288 g/mol. The lowest BCUT2D eigenvalue weighted by Crippen LogP contribution is -2.42. The van der Waals surface area contributed by atoms with Gasteiger partial charge < -0.3 is 15.2 Å². The Kier molecular flexibility index (Phi) is 4.13. The van der Waals surface area contributed by atoms with Crippen molar-refractivity contribution in [3.05, 3.63) is 21.6 Å². The number of hydrogen-bond donors (Lipinski definition) is 2. The van der Waals surface area contributed by atoms with Crippen molar-refractivity contribution >= 4 is 23.1 Å². The van der Waals surface area contributed by atoms with Gasteiger partial charge in [-0.05, 0) is 0 Å². The molecule has 2 heterocycles. The van der Waals surface area contributed by atoms with E-state index in [9.17, 15) is 15.2 Å². The number of ether oxygens (including phenoxy) is 1. The average Bonchev–Trinajstić information content (AvgIpc) is 2.37. The Morgan fingerprint density at radius 2 is 2.21 bits per heavy atom. The van der Waals surface area contributed by atoms with Crippen molar-refractivity contribution in [2.45, 2.75) is 18.4 Å². The first-order valence-corrected chi connectivity index (χ1v) is 6.08. The van der Waals surface area contributed by atoms with Gasteiger partial charge in [-0.3, -0.25) is 10.1 Å². The van der Waals surface area contributed by atoms with Crippen molar-refractivity contribution in [2.75, 3.05) is 25.1 Å². The lowest BCUT2D eigenvalue weighted by molar-refractivity contribution is -0.384. The third kappa shape index (κ3) is 3.28. The summed E-state index contributed by atoms with van der Waals surface area (Å²) in [6.45, 7) is 1.07. The van der Waals surface area contributed by atoms with Crippen molar-refractivity contribution in [3.8, 4) is 0 Å². The number of nitrogens with zero attached hydrogens (tertiary/aromatic N) is 3. The summed E-state index contributed by atoms with van der Waals surface area (Å²) >= 11 is 5.67. The second kappa shape index (κ2) is 5.64. The van der Waals surface area contributed by atoms with Crippen LogP contribution in [0.5, 0.6) is 0 Å². The van der Waals surface area contributed by atoms with Crippen LogP contribution in [0.25, 0.3) is 0 Å². The molecule has 1 saturated heterocycles. The molecule has 2 N–H and O–H groups in total. The van der Waals surface area contributed by atoms with E-state index >= 15 is 0 Å². The van der Waals surface area contributed by atoms with Crippen LogP contribution in [0.4, 0.5) is 11.5 Å². The maximum atomic E-state index is 10.9. The molecule has 0 saturated carbocycles. The van der Waals surface area contributed by atoms with Gasteiger partial charge in [0.25, 0.3) is 0 Å². The third-order valence-electron chi connectivity index (χ3n) is 2.97. The SMILES string of the molecule is O=[N+]([O-])c1c(Cl)ncnc1NCC1(O)CCOCC1. The summed E-state index contributed by atoms with van der Waals surface area (Å²) in [4.78, 5) is 17.6. The normalized spacial score (nSPS) is 18.0. The number of aromatic nitrogens is 2. The van der Waals surface area contributed by atoms with E-state index in [0.29, 0.717) is 26.1 Å². The van der Waals surface area contributed by atoms with Crippen LogP contribution in [0.3, 0.4) is 0 Å². The number of anilines is 1. The van der Waals surface area contributed by atoms with E-state index in [1.54, 1.807) is 0 Å². The minimum atomic E-state index is -0.955. The molecule has 1 aromatic rings. The zero-order valence-corrected chi connectivity index (χ0v) is 10.8. The zero-order valence-electron chi connectivity index (χ0n) is 10.0. The predicted octanol–water partition coefficient (Wildman–Crippen LogP) is 0.992. The highest BCUT2D eigenvalue weighted by molar-refractivity contribution is 6.31. The second-order valence-corrected chi connectivity index (χ2v) is 4.67. The van der Waals surface area contributed by atoms with Crippen molar-refractivity contribution in [3.63, 3.8) is 0 Å². The third-order valence-corrected chi connectivity index (χ3v) is 3.25. The summed E-state index contributed by atoms with van der Waals surface area (Å²) in [6.07, 6.45) is 2.06. The van der Waals surface area contributed by atoms with Crippen LogP contribution in [0.1, 0.15) is 12.8 Å². The molecule has 0 aromatic carbocycles. The Labute approximate surface area is 113 Å². The lowest BCUT2D eigenvalue weighted by atomic mass is 9.94.